The van der Waals surface area contributed by atoms with Crippen molar-refractivity contribution in [3.05, 3.63) is 28.2 Å². The van der Waals surface area contributed by atoms with Crippen LogP contribution in [0.5, 0.6) is 0 Å². The van der Waals surface area contributed by atoms with Crippen LogP contribution >= 0.6 is 15.9 Å². The lowest BCUT2D eigenvalue weighted by atomic mass is 9.93. The summed E-state index contributed by atoms with van der Waals surface area (Å²) in [6.07, 6.45) is 0. The molecule has 0 unspecified atom stereocenters. The fourth-order valence-electron chi connectivity index (χ4n) is 2.19. The zero-order valence-electron chi connectivity index (χ0n) is 11.4. The van der Waals surface area contributed by atoms with Gasteiger partial charge in [-0.15, -0.1) is 0 Å². The minimum Gasteiger partial charge on any atom is -0.469 e. The van der Waals surface area contributed by atoms with Gasteiger partial charge in [-0.05, 0) is 41.9 Å². The van der Waals surface area contributed by atoms with Gasteiger partial charge in [0.2, 0.25) is 0 Å². The molecule has 0 bridgehead atoms. The molecule has 0 atom stereocenters. The number of carbonyl (C=O) groups excluding carboxylic acids is 3. The summed E-state index contributed by atoms with van der Waals surface area (Å²) in [4.78, 5) is 37.2. The molecule has 0 radical (unpaired) electrons. The average Bonchev–Trinajstić information content (AvgIpc) is 2.64. The van der Waals surface area contributed by atoms with E-state index in [9.17, 15) is 14.4 Å². The van der Waals surface area contributed by atoms with E-state index in [2.05, 4.69) is 15.9 Å². The number of hydrogen-bond donors (Lipinski definition) is 0. The van der Waals surface area contributed by atoms with E-state index >= 15 is 0 Å². The summed E-state index contributed by atoms with van der Waals surface area (Å²) in [6, 6.07) is 5.14. The van der Waals surface area contributed by atoms with Gasteiger partial charge in [-0.2, -0.15) is 0 Å². The zero-order valence-corrected chi connectivity index (χ0v) is 13.0. The van der Waals surface area contributed by atoms with E-state index in [4.69, 9.17) is 4.74 Å². The van der Waals surface area contributed by atoms with Gasteiger partial charge >= 0.3 is 5.97 Å². The minimum absolute atomic E-state index is 0.0910. The smallest absolute Gasteiger partial charge is 0.313 e. The first kappa shape index (κ1) is 14.7. The molecule has 1 aliphatic rings. The van der Waals surface area contributed by atoms with Crippen LogP contribution in [-0.2, 0) is 14.3 Å². The van der Waals surface area contributed by atoms with E-state index in [-0.39, 0.29) is 6.54 Å². The molecule has 6 heteroatoms. The second kappa shape index (κ2) is 5.01. The van der Waals surface area contributed by atoms with Crippen molar-refractivity contribution in [2.45, 2.75) is 13.8 Å². The van der Waals surface area contributed by atoms with Crippen LogP contribution in [0, 0.1) is 5.41 Å². The van der Waals surface area contributed by atoms with Gasteiger partial charge in [0.1, 0.15) is 0 Å². The second-order valence-corrected chi connectivity index (χ2v) is 6.08. The van der Waals surface area contributed by atoms with Crippen molar-refractivity contribution in [1.29, 1.82) is 0 Å². The Morgan fingerprint density at radius 1 is 1.35 bits per heavy atom. The molecular weight excluding hydrogens is 326 g/mol. The van der Waals surface area contributed by atoms with Crippen LogP contribution in [0.1, 0.15) is 24.2 Å². The second-order valence-electron chi connectivity index (χ2n) is 5.23. The molecule has 5 nitrogen and oxygen atoms in total. The van der Waals surface area contributed by atoms with Crippen molar-refractivity contribution < 1.29 is 19.1 Å². The number of benzene rings is 1. The molecule has 106 valence electrons. The molecule has 0 saturated heterocycles. The first-order chi connectivity index (χ1) is 9.29. The van der Waals surface area contributed by atoms with Gasteiger partial charge in [-0.3, -0.25) is 14.4 Å². The summed E-state index contributed by atoms with van der Waals surface area (Å²) in [5.74, 6) is -1.61. The Morgan fingerprint density at radius 2 is 2.00 bits per heavy atom. The predicted molar refractivity (Wildman–Crippen MR) is 76.6 cm³/mol. The van der Waals surface area contributed by atoms with Crippen LogP contribution in [-0.4, -0.2) is 31.3 Å². The summed E-state index contributed by atoms with van der Waals surface area (Å²) in [6.45, 7) is 3.44. The molecule has 0 fully saturated rings. The van der Waals surface area contributed by atoms with E-state index in [0.29, 0.717) is 15.7 Å². The summed E-state index contributed by atoms with van der Waals surface area (Å²) >= 11 is 3.27. The number of methoxy groups -OCH3 is 1. The Labute approximate surface area is 125 Å². The topological polar surface area (TPSA) is 63.7 Å². The van der Waals surface area contributed by atoms with Crippen molar-refractivity contribution in [2.75, 3.05) is 18.6 Å². The van der Waals surface area contributed by atoms with Crippen molar-refractivity contribution in [2.24, 2.45) is 5.41 Å². The van der Waals surface area contributed by atoms with Gasteiger partial charge in [0.05, 0.1) is 23.8 Å². The van der Waals surface area contributed by atoms with Gasteiger partial charge in [0.15, 0.2) is 0 Å². The number of amides is 1. The zero-order chi connectivity index (χ0) is 15.1. The van der Waals surface area contributed by atoms with Gasteiger partial charge < -0.3 is 9.64 Å². The van der Waals surface area contributed by atoms with Crippen LogP contribution in [0.3, 0.4) is 0 Å². The molecule has 1 amide bonds. The molecule has 0 aliphatic carbocycles. The number of Topliss-reactive ketones (excluding diaryl/α,β-unsaturated/α-hetero) is 1. The normalized spacial score (nSPS) is 14.5. The molecule has 2 rings (SSSR count). The third-order valence-corrected chi connectivity index (χ3v) is 3.90. The third kappa shape index (κ3) is 2.24. The molecule has 20 heavy (non-hydrogen) atoms. The summed E-state index contributed by atoms with van der Waals surface area (Å²) in [5, 5.41) is 0. The van der Waals surface area contributed by atoms with Gasteiger partial charge in [-0.25, -0.2) is 0 Å². The number of rotatable bonds is 3. The number of halogens is 1. The van der Waals surface area contributed by atoms with E-state index in [0.717, 1.165) is 0 Å². The number of esters is 1. The van der Waals surface area contributed by atoms with E-state index in [1.807, 2.05) is 0 Å². The quantitative estimate of drug-likeness (QED) is 0.625. The highest BCUT2D eigenvalue weighted by Crippen LogP contribution is 2.36. The molecule has 0 aromatic heterocycles. The Bertz CT molecular complexity index is 609. The number of carbonyl (C=O) groups is 3. The highest BCUT2D eigenvalue weighted by molar-refractivity contribution is 9.10. The fraction of sp³-hybridized carbons (Fsp3) is 0.357. The summed E-state index contributed by atoms with van der Waals surface area (Å²) < 4.78 is 5.30. The predicted octanol–water partition coefficient (Wildman–Crippen LogP) is 2.18. The van der Waals surface area contributed by atoms with Gasteiger partial charge in [0.25, 0.3) is 11.7 Å². The lowest BCUT2D eigenvalue weighted by molar-refractivity contribution is -0.150. The number of ether oxygens (including phenoxy) is 1. The Balaban J connectivity index is 2.41. The number of nitrogens with zero attached hydrogens (tertiary/aromatic N) is 1. The highest BCUT2D eigenvalue weighted by Gasteiger charge is 2.42. The number of hydrogen-bond acceptors (Lipinski definition) is 4. The van der Waals surface area contributed by atoms with Crippen LogP contribution in [0.25, 0.3) is 0 Å². The summed E-state index contributed by atoms with van der Waals surface area (Å²) in [5.41, 5.74) is -0.0289. The Hall–Kier alpha value is -1.69. The average molecular weight is 340 g/mol. The first-order valence-electron chi connectivity index (χ1n) is 6.02. The van der Waals surface area contributed by atoms with Gasteiger partial charge in [-0.1, -0.05) is 6.07 Å². The lowest BCUT2D eigenvalue weighted by Gasteiger charge is -2.27. The van der Waals surface area contributed by atoms with Crippen LogP contribution in [0.15, 0.2) is 22.7 Å². The number of anilines is 1. The molecule has 1 aromatic carbocycles. The lowest BCUT2D eigenvalue weighted by Crippen LogP contribution is -2.42. The Morgan fingerprint density at radius 3 is 2.60 bits per heavy atom. The maximum Gasteiger partial charge on any atom is 0.313 e. The molecule has 0 saturated carbocycles. The maximum atomic E-state index is 12.1. The Kier molecular flexibility index (Phi) is 3.69. The van der Waals surface area contributed by atoms with E-state index in [1.165, 1.54) is 12.0 Å². The molecule has 1 heterocycles. The summed E-state index contributed by atoms with van der Waals surface area (Å²) in [7, 11) is 1.30. The molecule has 1 aliphatic heterocycles. The number of fused-ring (bicyclic) bond motifs is 1. The minimum atomic E-state index is -0.894. The monoisotopic (exact) mass is 339 g/mol. The largest absolute Gasteiger partial charge is 0.469 e. The fourth-order valence-corrected chi connectivity index (χ4v) is 2.73. The van der Waals surface area contributed by atoms with E-state index < -0.39 is 23.1 Å². The molecular formula is C14H14BrNO4. The molecule has 0 spiro atoms. The molecule has 1 aromatic rings. The van der Waals surface area contributed by atoms with Crippen molar-refractivity contribution in [3.8, 4) is 0 Å². The highest BCUT2D eigenvalue weighted by atomic mass is 79.9. The van der Waals surface area contributed by atoms with Crippen LogP contribution < -0.4 is 4.90 Å². The van der Waals surface area contributed by atoms with Gasteiger partial charge in [0, 0.05) is 11.0 Å². The number of ketones is 1. The van der Waals surface area contributed by atoms with Crippen LogP contribution in [0.2, 0.25) is 0 Å². The first-order valence-corrected chi connectivity index (χ1v) is 6.82. The standard InChI is InChI=1S/C14H14BrNO4/c1-14(2,13(19)20-3)7-16-9-6-4-5-8(15)10(9)11(17)12(16)18/h4-6H,7H2,1-3H3. The van der Waals surface area contributed by atoms with Crippen molar-refractivity contribution in [3.63, 3.8) is 0 Å². The molecule has 0 N–H and O–H groups in total. The van der Waals surface area contributed by atoms with Crippen molar-refractivity contribution in [1.82, 2.24) is 0 Å². The SMILES string of the molecule is COC(=O)C(C)(C)CN1C(=O)C(=O)c2c(Br)cccc21. The van der Waals surface area contributed by atoms with Crippen molar-refractivity contribution >= 4 is 39.3 Å². The third-order valence-electron chi connectivity index (χ3n) is 3.24. The van der Waals surface area contributed by atoms with E-state index in [1.54, 1.807) is 32.0 Å². The van der Waals surface area contributed by atoms with Crippen LogP contribution in [0.4, 0.5) is 5.69 Å². The maximum absolute atomic E-state index is 12.1.